The Bertz CT molecular complexity index is 803. The smallest absolute Gasteiger partial charge is 0.281 e. The van der Waals surface area contributed by atoms with Gasteiger partial charge in [0.25, 0.3) is 5.56 Å². The highest BCUT2D eigenvalue weighted by atomic mass is 32.1. The molecule has 0 aliphatic carbocycles. The van der Waals surface area contributed by atoms with Gasteiger partial charge < -0.3 is 5.32 Å². The number of rotatable bonds is 4. The van der Waals surface area contributed by atoms with E-state index in [0.29, 0.717) is 16.0 Å². The van der Waals surface area contributed by atoms with Crippen molar-refractivity contribution in [1.82, 2.24) is 35.0 Å². The molecule has 0 aromatic carbocycles. The van der Waals surface area contributed by atoms with Crippen molar-refractivity contribution in [2.45, 2.75) is 13.5 Å². The van der Waals surface area contributed by atoms with Crippen LogP contribution in [0, 0.1) is 0 Å². The quantitative estimate of drug-likeness (QED) is 0.713. The van der Waals surface area contributed by atoms with Crippen LogP contribution in [-0.2, 0) is 13.6 Å². The second-order valence-electron chi connectivity index (χ2n) is 4.09. The molecule has 0 aliphatic rings. The molecule has 10 heteroatoms. The minimum absolute atomic E-state index is 0.233. The molecule has 0 bridgehead atoms. The van der Waals surface area contributed by atoms with Gasteiger partial charge in [0, 0.05) is 13.6 Å². The van der Waals surface area contributed by atoms with Gasteiger partial charge in [-0.15, -0.1) is 15.3 Å². The normalized spacial score (nSPS) is 11.1. The third kappa shape index (κ3) is 2.13. The summed E-state index contributed by atoms with van der Waals surface area (Å²) in [5.74, 6) is 0. The van der Waals surface area contributed by atoms with Crippen LogP contribution in [0.2, 0.25) is 0 Å². The van der Waals surface area contributed by atoms with Crippen LogP contribution in [0.3, 0.4) is 0 Å². The van der Waals surface area contributed by atoms with Crippen molar-refractivity contribution in [3.05, 3.63) is 21.6 Å². The molecule has 20 heavy (non-hydrogen) atoms. The van der Waals surface area contributed by atoms with Gasteiger partial charge in [0.2, 0.25) is 5.13 Å². The number of fused-ring (bicyclic) bond motifs is 1. The second kappa shape index (κ2) is 4.96. The van der Waals surface area contributed by atoms with Crippen LogP contribution in [0.1, 0.15) is 11.9 Å². The Morgan fingerprint density at radius 2 is 2.20 bits per heavy atom. The van der Waals surface area contributed by atoms with Crippen LogP contribution in [-0.4, -0.2) is 41.5 Å². The molecule has 9 nitrogen and oxygen atoms in total. The van der Waals surface area contributed by atoms with Crippen LogP contribution >= 0.6 is 11.3 Å². The summed E-state index contributed by atoms with van der Waals surface area (Å²) >= 11 is 1.39. The molecular weight excluding hydrogens is 280 g/mol. The van der Waals surface area contributed by atoms with E-state index in [1.165, 1.54) is 26.9 Å². The SMILES string of the molecule is CCNc1nnc(Cn2nnc3c(cnn3C)c2=O)s1. The standard InChI is InChI=1S/C10H12N8OS/c1-3-11-10-15-13-7(20-10)5-18-9(19)6-4-12-17(2)8(6)14-16-18/h4H,3,5H2,1-2H3,(H,11,15). The average molecular weight is 292 g/mol. The first-order valence-corrected chi connectivity index (χ1v) is 6.82. The van der Waals surface area contributed by atoms with Crippen LogP contribution in [0.5, 0.6) is 0 Å². The average Bonchev–Trinajstić information content (AvgIpc) is 3.02. The number of aromatic nitrogens is 7. The monoisotopic (exact) mass is 292 g/mol. The fourth-order valence-electron chi connectivity index (χ4n) is 1.75. The van der Waals surface area contributed by atoms with Crippen molar-refractivity contribution >= 4 is 27.5 Å². The summed E-state index contributed by atoms with van der Waals surface area (Å²) in [6.07, 6.45) is 1.49. The van der Waals surface area contributed by atoms with Crippen molar-refractivity contribution < 1.29 is 0 Å². The summed E-state index contributed by atoms with van der Waals surface area (Å²) in [5.41, 5.74) is 0.236. The Kier molecular flexibility index (Phi) is 3.14. The summed E-state index contributed by atoms with van der Waals surface area (Å²) in [5, 5.41) is 24.8. The Hall–Kier alpha value is -2.36. The van der Waals surface area contributed by atoms with Gasteiger partial charge in [-0.2, -0.15) is 5.10 Å². The minimum atomic E-state index is -0.233. The number of nitrogens with one attached hydrogen (secondary N) is 1. The molecule has 3 aromatic heterocycles. The van der Waals surface area contributed by atoms with Gasteiger partial charge in [0.05, 0.1) is 6.20 Å². The molecule has 104 valence electrons. The van der Waals surface area contributed by atoms with Gasteiger partial charge in [-0.1, -0.05) is 16.6 Å². The summed E-state index contributed by atoms with van der Waals surface area (Å²) in [6.45, 7) is 3.00. The highest BCUT2D eigenvalue weighted by molar-refractivity contribution is 7.15. The maximum Gasteiger partial charge on any atom is 0.281 e. The van der Waals surface area contributed by atoms with E-state index in [1.807, 2.05) is 6.92 Å². The Morgan fingerprint density at radius 3 is 3.00 bits per heavy atom. The molecule has 0 radical (unpaired) electrons. The fraction of sp³-hybridized carbons (Fsp3) is 0.400. The van der Waals surface area contributed by atoms with Crippen LogP contribution in [0.25, 0.3) is 11.0 Å². The van der Waals surface area contributed by atoms with Crippen LogP contribution < -0.4 is 10.9 Å². The first-order valence-electron chi connectivity index (χ1n) is 6.00. The number of hydrogen-bond acceptors (Lipinski definition) is 8. The predicted molar refractivity (Wildman–Crippen MR) is 73.7 cm³/mol. The summed E-state index contributed by atoms with van der Waals surface area (Å²) in [4.78, 5) is 12.2. The lowest BCUT2D eigenvalue weighted by atomic mass is 10.4. The summed E-state index contributed by atoms with van der Waals surface area (Å²) in [7, 11) is 1.72. The molecule has 0 atom stereocenters. The van der Waals surface area contributed by atoms with Gasteiger partial charge >= 0.3 is 0 Å². The van der Waals surface area contributed by atoms with Gasteiger partial charge in [-0.3, -0.25) is 4.79 Å². The van der Waals surface area contributed by atoms with Crippen LogP contribution in [0.15, 0.2) is 11.0 Å². The number of aryl methyl sites for hydroxylation is 1. The van der Waals surface area contributed by atoms with Gasteiger partial charge in [-0.05, 0) is 6.92 Å². The van der Waals surface area contributed by atoms with E-state index in [-0.39, 0.29) is 12.1 Å². The molecule has 0 fully saturated rings. The van der Waals surface area contributed by atoms with E-state index < -0.39 is 0 Å². The number of anilines is 1. The molecule has 0 saturated carbocycles. The molecule has 3 rings (SSSR count). The molecule has 0 spiro atoms. The molecule has 3 aromatic rings. The Labute approximate surface area is 117 Å². The molecule has 0 aliphatic heterocycles. The first-order chi connectivity index (χ1) is 9.69. The summed E-state index contributed by atoms with van der Waals surface area (Å²) < 4.78 is 2.78. The van der Waals surface area contributed by atoms with Crippen molar-refractivity contribution in [2.75, 3.05) is 11.9 Å². The minimum Gasteiger partial charge on any atom is -0.360 e. The largest absolute Gasteiger partial charge is 0.360 e. The van der Waals surface area contributed by atoms with Gasteiger partial charge in [-0.25, -0.2) is 9.36 Å². The molecule has 0 saturated heterocycles. The third-order valence-electron chi connectivity index (χ3n) is 2.70. The highest BCUT2D eigenvalue weighted by Crippen LogP contribution is 2.15. The summed E-state index contributed by atoms with van der Waals surface area (Å²) in [6, 6.07) is 0. The lowest BCUT2D eigenvalue weighted by Crippen LogP contribution is -2.24. The number of nitrogens with zero attached hydrogens (tertiary/aromatic N) is 7. The zero-order valence-electron chi connectivity index (χ0n) is 10.9. The second-order valence-corrected chi connectivity index (χ2v) is 5.15. The number of hydrogen-bond donors (Lipinski definition) is 1. The van der Waals surface area contributed by atoms with Crippen molar-refractivity contribution in [2.24, 2.45) is 7.05 Å². The maximum atomic E-state index is 12.2. The third-order valence-corrected chi connectivity index (χ3v) is 3.57. The van der Waals surface area contributed by atoms with Crippen molar-refractivity contribution in [3.63, 3.8) is 0 Å². The van der Waals surface area contributed by atoms with E-state index in [9.17, 15) is 4.79 Å². The zero-order chi connectivity index (χ0) is 14.1. The fourth-order valence-corrected chi connectivity index (χ4v) is 2.54. The Balaban J connectivity index is 1.94. The molecule has 0 amide bonds. The van der Waals surface area contributed by atoms with E-state index >= 15 is 0 Å². The van der Waals surface area contributed by atoms with Crippen molar-refractivity contribution in [1.29, 1.82) is 0 Å². The van der Waals surface area contributed by atoms with Crippen molar-refractivity contribution in [3.8, 4) is 0 Å². The lowest BCUT2D eigenvalue weighted by Gasteiger charge is -1.99. The first kappa shape index (κ1) is 12.7. The predicted octanol–water partition coefficient (Wildman–Crippen LogP) is -0.143. The van der Waals surface area contributed by atoms with E-state index in [2.05, 4.69) is 30.9 Å². The van der Waals surface area contributed by atoms with Crippen LogP contribution in [0.4, 0.5) is 5.13 Å². The lowest BCUT2D eigenvalue weighted by molar-refractivity contribution is 0.590. The topological polar surface area (TPSA) is 103 Å². The van der Waals surface area contributed by atoms with E-state index in [1.54, 1.807) is 7.05 Å². The Morgan fingerprint density at radius 1 is 1.35 bits per heavy atom. The van der Waals surface area contributed by atoms with Gasteiger partial charge in [0.15, 0.2) is 5.65 Å². The van der Waals surface area contributed by atoms with E-state index in [0.717, 1.165) is 11.7 Å². The van der Waals surface area contributed by atoms with E-state index in [4.69, 9.17) is 0 Å². The molecular formula is C10H12N8OS. The van der Waals surface area contributed by atoms with Gasteiger partial charge in [0.1, 0.15) is 16.9 Å². The zero-order valence-corrected chi connectivity index (χ0v) is 11.8. The molecule has 3 heterocycles. The molecule has 1 N–H and O–H groups in total. The maximum absolute atomic E-state index is 12.2. The molecule has 0 unspecified atom stereocenters. The highest BCUT2D eigenvalue weighted by Gasteiger charge is 2.11.